The van der Waals surface area contributed by atoms with Gasteiger partial charge in [-0.2, -0.15) is 0 Å². The zero-order chi connectivity index (χ0) is 20.6. The molecule has 3 fully saturated rings. The second-order valence-electron chi connectivity index (χ2n) is 8.99. The minimum atomic E-state index is -0.504. The van der Waals surface area contributed by atoms with Crippen LogP contribution in [0.25, 0.3) is 0 Å². The number of likely N-dealkylation sites (N-methyl/N-ethyl adjacent to an activating group) is 1. The minimum Gasteiger partial charge on any atom is -0.496 e. The number of likely N-dealkylation sites (tertiary alicyclic amines) is 2. The van der Waals surface area contributed by atoms with Gasteiger partial charge in [-0.1, -0.05) is 18.2 Å². The Balaban J connectivity index is 1.45. The number of para-hydroxylation sites is 1. The highest BCUT2D eigenvalue weighted by Crippen LogP contribution is 2.54. The van der Waals surface area contributed by atoms with Crippen LogP contribution in [0.4, 0.5) is 0 Å². The molecule has 2 saturated heterocycles. The maximum Gasteiger partial charge on any atom is 0.248 e. The first-order chi connectivity index (χ1) is 14.0. The van der Waals surface area contributed by atoms with Crippen molar-refractivity contribution in [1.29, 1.82) is 0 Å². The van der Waals surface area contributed by atoms with E-state index in [1.165, 1.54) is 5.56 Å². The van der Waals surface area contributed by atoms with Crippen LogP contribution >= 0.6 is 0 Å². The van der Waals surface area contributed by atoms with E-state index in [2.05, 4.69) is 6.07 Å². The number of hydroxylamine groups is 1. The third kappa shape index (κ3) is 3.85. The summed E-state index contributed by atoms with van der Waals surface area (Å²) in [6, 6.07) is 7.58. The first-order valence-corrected chi connectivity index (χ1v) is 10.5. The highest BCUT2D eigenvalue weighted by Gasteiger charge is 2.55. The van der Waals surface area contributed by atoms with Crippen molar-refractivity contribution >= 4 is 11.8 Å². The Kier molecular flexibility index (Phi) is 5.53. The second-order valence-corrected chi connectivity index (χ2v) is 8.99. The van der Waals surface area contributed by atoms with Crippen LogP contribution in [0.15, 0.2) is 24.3 Å². The molecule has 0 bridgehead atoms. The molecule has 1 spiro atoms. The van der Waals surface area contributed by atoms with Crippen LogP contribution in [0.2, 0.25) is 0 Å². The normalized spacial score (nSPS) is 26.9. The largest absolute Gasteiger partial charge is 0.496 e. The summed E-state index contributed by atoms with van der Waals surface area (Å²) in [6.07, 6.45) is 4.63. The van der Waals surface area contributed by atoms with Gasteiger partial charge in [0, 0.05) is 19.6 Å². The van der Waals surface area contributed by atoms with Crippen molar-refractivity contribution in [2.24, 2.45) is 11.3 Å². The van der Waals surface area contributed by atoms with Gasteiger partial charge in [-0.3, -0.25) is 19.7 Å². The van der Waals surface area contributed by atoms with Crippen molar-refractivity contribution in [2.45, 2.75) is 44.1 Å². The Bertz CT molecular complexity index is 771. The first kappa shape index (κ1) is 20.2. The molecule has 158 valence electrons. The molecule has 3 aliphatic rings. The molecule has 4 rings (SSSR count). The Morgan fingerprint density at radius 3 is 2.52 bits per heavy atom. The van der Waals surface area contributed by atoms with Gasteiger partial charge in [0.25, 0.3) is 0 Å². The number of hydrogen-bond donors (Lipinski definition) is 2. The van der Waals surface area contributed by atoms with E-state index in [0.29, 0.717) is 25.4 Å². The SMILES string of the molecule is COc1ccccc1C1CCN(C(=O)C2C(C(=O)NO)CC3(CC3)CN2C)CC1. The number of rotatable bonds is 4. The zero-order valence-electron chi connectivity index (χ0n) is 17.3. The number of nitrogens with one attached hydrogen (secondary N) is 1. The Morgan fingerprint density at radius 2 is 1.90 bits per heavy atom. The van der Waals surface area contributed by atoms with Gasteiger partial charge in [-0.15, -0.1) is 0 Å². The predicted molar refractivity (Wildman–Crippen MR) is 108 cm³/mol. The van der Waals surface area contributed by atoms with Crippen molar-refractivity contribution in [3.05, 3.63) is 29.8 Å². The van der Waals surface area contributed by atoms with Gasteiger partial charge in [-0.25, -0.2) is 5.48 Å². The van der Waals surface area contributed by atoms with E-state index < -0.39 is 17.9 Å². The van der Waals surface area contributed by atoms with Crippen molar-refractivity contribution in [2.75, 3.05) is 33.8 Å². The van der Waals surface area contributed by atoms with Crippen LogP contribution in [0.3, 0.4) is 0 Å². The Hall–Kier alpha value is -2.12. The topological polar surface area (TPSA) is 82.1 Å². The smallest absolute Gasteiger partial charge is 0.248 e. The van der Waals surface area contributed by atoms with Crippen LogP contribution in [0.1, 0.15) is 43.6 Å². The van der Waals surface area contributed by atoms with Gasteiger partial charge < -0.3 is 9.64 Å². The monoisotopic (exact) mass is 401 g/mol. The van der Waals surface area contributed by atoms with Crippen LogP contribution < -0.4 is 10.2 Å². The summed E-state index contributed by atoms with van der Waals surface area (Å²) in [5.74, 6) is 0.338. The molecule has 2 N–H and O–H groups in total. The summed E-state index contributed by atoms with van der Waals surface area (Å²) in [5.41, 5.74) is 3.15. The number of carbonyl (C=O) groups excluding carboxylic acids is 2. The summed E-state index contributed by atoms with van der Waals surface area (Å²) < 4.78 is 5.50. The van der Waals surface area contributed by atoms with Crippen molar-refractivity contribution in [3.63, 3.8) is 0 Å². The molecule has 2 unspecified atom stereocenters. The van der Waals surface area contributed by atoms with E-state index in [1.807, 2.05) is 35.0 Å². The van der Waals surface area contributed by atoms with Gasteiger partial charge in [0.15, 0.2) is 0 Å². The molecule has 2 amide bonds. The highest BCUT2D eigenvalue weighted by atomic mass is 16.5. The Morgan fingerprint density at radius 1 is 1.21 bits per heavy atom. The minimum absolute atomic E-state index is 0.00933. The average Bonchev–Trinajstić information content (AvgIpc) is 3.50. The lowest BCUT2D eigenvalue weighted by Gasteiger charge is -2.44. The fourth-order valence-corrected chi connectivity index (χ4v) is 5.40. The standard InChI is InChI=1S/C22H31N3O4/c1-24-14-22(9-10-22)13-17(20(26)23-28)19(24)21(27)25-11-7-15(8-12-25)16-5-3-4-6-18(16)29-2/h3-6,15,17,19,28H,7-14H2,1-2H3,(H,23,26). The summed E-state index contributed by atoms with van der Waals surface area (Å²) in [7, 11) is 3.62. The molecule has 1 saturated carbocycles. The molecule has 2 aliphatic heterocycles. The first-order valence-electron chi connectivity index (χ1n) is 10.5. The molecule has 7 heteroatoms. The maximum absolute atomic E-state index is 13.4. The van der Waals surface area contributed by atoms with Crippen LogP contribution in [0, 0.1) is 11.3 Å². The zero-order valence-corrected chi connectivity index (χ0v) is 17.3. The van der Waals surface area contributed by atoms with E-state index in [-0.39, 0.29) is 11.3 Å². The summed E-state index contributed by atoms with van der Waals surface area (Å²) >= 11 is 0. The number of carbonyl (C=O) groups is 2. The van der Waals surface area contributed by atoms with Gasteiger partial charge in [-0.05, 0) is 62.1 Å². The molecular weight excluding hydrogens is 370 g/mol. The van der Waals surface area contributed by atoms with Crippen LogP contribution in [-0.4, -0.2) is 66.7 Å². The quantitative estimate of drug-likeness (QED) is 0.596. The van der Waals surface area contributed by atoms with Gasteiger partial charge in [0.1, 0.15) is 11.8 Å². The average molecular weight is 402 g/mol. The summed E-state index contributed by atoms with van der Waals surface area (Å²) in [4.78, 5) is 29.7. The van der Waals surface area contributed by atoms with Gasteiger partial charge in [0.2, 0.25) is 11.8 Å². The third-order valence-electron chi connectivity index (χ3n) is 7.14. The summed E-state index contributed by atoms with van der Waals surface area (Å²) in [6.45, 7) is 2.19. The third-order valence-corrected chi connectivity index (χ3v) is 7.14. The maximum atomic E-state index is 13.4. The van der Waals surface area contributed by atoms with E-state index in [4.69, 9.17) is 4.74 Å². The van der Waals surface area contributed by atoms with Crippen LogP contribution in [0.5, 0.6) is 5.75 Å². The molecule has 29 heavy (non-hydrogen) atoms. The lowest BCUT2D eigenvalue weighted by molar-refractivity contribution is -0.151. The van der Waals surface area contributed by atoms with E-state index in [0.717, 1.165) is 38.0 Å². The van der Waals surface area contributed by atoms with Crippen molar-refractivity contribution in [3.8, 4) is 5.75 Å². The number of methoxy groups -OCH3 is 1. The van der Waals surface area contributed by atoms with E-state index >= 15 is 0 Å². The number of ether oxygens (including phenoxy) is 1. The molecule has 1 aromatic rings. The predicted octanol–water partition coefficient (Wildman–Crippen LogP) is 2.01. The van der Waals surface area contributed by atoms with E-state index in [1.54, 1.807) is 12.6 Å². The second kappa shape index (κ2) is 7.95. The van der Waals surface area contributed by atoms with Crippen molar-refractivity contribution < 1.29 is 19.5 Å². The molecule has 0 radical (unpaired) electrons. The van der Waals surface area contributed by atoms with Crippen molar-refractivity contribution in [1.82, 2.24) is 15.3 Å². The molecule has 7 nitrogen and oxygen atoms in total. The number of benzene rings is 1. The highest BCUT2D eigenvalue weighted by molar-refractivity contribution is 5.90. The molecule has 1 aliphatic carbocycles. The fourth-order valence-electron chi connectivity index (χ4n) is 5.40. The van der Waals surface area contributed by atoms with Gasteiger partial charge in [0.05, 0.1) is 13.0 Å². The summed E-state index contributed by atoms with van der Waals surface area (Å²) in [5, 5.41) is 9.23. The van der Waals surface area contributed by atoms with Gasteiger partial charge >= 0.3 is 0 Å². The van der Waals surface area contributed by atoms with Crippen LogP contribution in [-0.2, 0) is 9.59 Å². The molecule has 0 aromatic heterocycles. The molecule has 2 atom stereocenters. The lowest BCUT2D eigenvalue weighted by atomic mass is 9.79. The molecular formula is C22H31N3O4. The number of nitrogens with zero attached hydrogens (tertiary/aromatic N) is 2. The number of amides is 2. The molecule has 2 heterocycles. The fraction of sp³-hybridized carbons (Fsp3) is 0.636. The number of piperidine rings is 2. The lowest BCUT2D eigenvalue weighted by Crippen LogP contribution is -2.59. The Labute approximate surface area is 172 Å². The number of hydrogen-bond acceptors (Lipinski definition) is 5. The molecule has 1 aromatic carbocycles. The van der Waals surface area contributed by atoms with E-state index in [9.17, 15) is 14.8 Å².